The van der Waals surface area contributed by atoms with Crippen LogP contribution in [-0.2, 0) is 42.3 Å². The molecule has 0 rings (SSSR count). The zero-order valence-corrected chi connectivity index (χ0v) is 16.0. The minimum Gasteiger partial charge on any atom is -0.542 e. The smallest absolute Gasteiger partial charge is 0.133 e. The first-order valence-corrected chi connectivity index (χ1v) is 7.21. The predicted octanol–water partition coefficient (Wildman–Crippen LogP) is 4.53. The van der Waals surface area contributed by atoms with Gasteiger partial charge in [0.15, 0.2) is 0 Å². The molecule has 0 bridgehead atoms. The summed E-state index contributed by atoms with van der Waals surface area (Å²) in [5, 5.41) is 0. The van der Waals surface area contributed by atoms with Gasteiger partial charge in [-0.1, -0.05) is 52.4 Å². The van der Waals surface area contributed by atoms with E-state index in [-0.39, 0.29) is 38.6 Å². The largest absolute Gasteiger partial charge is 0.542 e. The standard InChI is InChI=1S/C14H25O2.C2H5.Y/c1-4-6-7-13(5-2)11-14(16)10-12(3)8-9-15;1-2;/h12-13H,4-8,10-11H2,1-3H3;1H2,2H3;/q2*-1;. The Kier molecular flexibility index (Phi) is 23.7. The van der Waals surface area contributed by atoms with E-state index < -0.39 is 0 Å². The summed E-state index contributed by atoms with van der Waals surface area (Å²) in [5.41, 5.74) is 0. The number of rotatable bonds is 10. The van der Waals surface area contributed by atoms with E-state index >= 15 is 0 Å². The second kappa shape index (κ2) is 18.4. The fourth-order valence-corrected chi connectivity index (χ4v) is 1.95. The van der Waals surface area contributed by atoms with Crippen molar-refractivity contribution in [3.8, 4) is 0 Å². The van der Waals surface area contributed by atoms with Crippen LogP contribution < -0.4 is 0 Å². The molecule has 0 amide bonds. The minimum absolute atomic E-state index is 0. The second-order valence-electron chi connectivity index (χ2n) is 4.82. The second-order valence-corrected chi connectivity index (χ2v) is 4.82. The van der Waals surface area contributed by atoms with Crippen molar-refractivity contribution in [2.45, 2.75) is 72.6 Å². The van der Waals surface area contributed by atoms with Crippen molar-refractivity contribution in [2.75, 3.05) is 0 Å². The fraction of sp³-hybridized carbons (Fsp3) is 0.812. The molecule has 0 spiro atoms. The molecule has 2 unspecified atom stereocenters. The quantitative estimate of drug-likeness (QED) is 0.546. The molecule has 111 valence electrons. The van der Waals surface area contributed by atoms with E-state index in [0.717, 1.165) is 12.8 Å². The van der Waals surface area contributed by atoms with E-state index in [1.807, 2.05) is 13.2 Å². The van der Waals surface area contributed by atoms with Crippen molar-refractivity contribution in [3.05, 3.63) is 6.92 Å². The van der Waals surface area contributed by atoms with Gasteiger partial charge in [0, 0.05) is 45.6 Å². The third-order valence-corrected chi connectivity index (χ3v) is 3.07. The fourth-order valence-electron chi connectivity index (χ4n) is 1.95. The summed E-state index contributed by atoms with van der Waals surface area (Å²) in [7, 11) is 0. The Bertz CT molecular complexity index is 205. The molecule has 0 aliphatic rings. The van der Waals surface area contributed by atoms with Crippen LogP contribution in [0, 0.1) is 18.8 Å². The molecule has 3 heteroatoms. The van der Waals surface area contributed by atoms with Gasteiger partial charge in [-0.15, -0.1) is 6.42 Å². The Balaban J connectivity index is -0.000000809. The Morgan fingerprint density at radius 3 is 2.21 bits per heavy atom. The molecule has 0 aromatic rings. The van der Waals surface area contributed by atoms with Crippen molar-refractivity contribution in [3.63, 3.8) is 0 Å². The molecule has 0 saturated carbocycles. The van der Waals surface area contributed by atoms with Crippen LogP contribution in [0.2, 0.25) is 0 Å². The molecule has 0 N–H and O–H groups in total. The zero-order chi connectivity index (χ0) is 14.4. The van der Waals surface area contributed by atoms with E-state index in [2.05, 4.69) is 20.8 Å². The molecule has 0 aliphatic carbocycles. The number of hydrogen-bond donors (Lipinski definition) is 0. The van der Waals surface area contributed by atoms with Crippen molar-refractivity contribution in [1.29, 1.82) is 0 Å². The summed E-state index contributed by atoms with van der Waals surface area (Å²) in [4.78, 5) is 21.9. The number of carbonyl (C=O) groups excluding carboxylic acids is 2. The first kappa shape index (κ1) is 24.5. The van der Waals surface area contributed by atoms with E-state index in [4.69, 9.17) is 0 Å². The normalized spacial score (nSPS) is 12.5. The molecular weight excluding hydrogens is 313 g/mol. The van der Waals surface area contributed by atoms with Gasteiger partial charge in [0.25, 0.3) is 0 Å². The van der Waals surface area contributed by atoms with Crippen LogP contribution in [0.25, 0.3) is 0 Å². The summed E-state index contributed by atoms with van der Waals surface area (Å²) < 4.78 is 0. The van der Waals surface area contributed by atoms with Crippen LogP contribution in [0.3, 0.4) is 0 Å². The van der Waals surface area contributed by atoms with Crippen LogP contribution in [0.1, 0.15) is 72.6 Å². The summed E-state index contributed by atoms with van der Waals surface area (Å²) in [6, 6.07) is 0. The molecule has 0 aromatic heterocycles. The summed E-state index contributed by atoms with van der Waals surface area (Å²) in [6.45, 7) is 11.3. The van der Waals surface area contributed by atoms with Crippen molar-refractivity contribution in [2.24, 2.45) is 11.8 Å². The van der Waals surface area contributed by atoms with E-state index in [1.54, 1.807) is 6.92 Å². The SMILES string of the molecule is CCCCC(CC)CC(=O)CC(C)C[C-]=O.[CH2-]C.[Y]. The monoisotopic (exact) mass is 343 g/mol. The Labute approximate surface area is 145 Å². The molecule has 0 saturated heterocycles. The third kappa shape index (κ3) is 16.4. The van der Waals surface area contributed by atoms with Gasteiger partial charge in [0.1, 0.15) is 5.78 Å². The number of hydrogen-bond acceptors (Lipinski definition) is 2. The topological polar surface area (TPSA) is 34.1 Å². The average molecular weight is 343 g/mol. The molecule has 19 heavy (non-hydrogen) atoms. The van der Waals surface area contributed by atoms with Crippen molar-refractivity contribution < 1.29 is 42.3 Å². The molecular formula is C16H30O2Y-2. The van der Waals surface area contributed by atoms with Crippen LogP contribution in [0.5, 0.6) is 0 Å². The Morgan fingerprint density at radius 1 is 1.21 bits per heavy atom. The van der Waals surface area contributed by atoms with Gasteiger partial charge < -0.3 is 11.7 Å². The summed E-state index contributed by atoms with van der Waals surface area (Å²) >= 11 is 0. The van der Waals surface area contributed by atoms with Crippen LogP contribution in [0.15, 0.2) is 0 Å². The molecule has 1 radical (unpaired) electrons. The molecule has 2 nitrogen and oxygen atoms in total. The maximum atomic E-state index is 11.7. The van der Waals surface area contributed by atoms with Gasteiger partial charge in [0.2, 0.25) is 0 Å². The van der Waals surface area contributed by atoms with Gasteiger partial charge in [-0.2, -0.15) is 6.92 Å². The van der Waals surface area contributed by atoms with Gasteiger partial charge in [-0.25, -0.2) is 0 Å². The van der Waals surface area contributed by atoms with Gasteiger partial charge >= 0.3 is 0 Å². The molecule has 2 atom stereocenters. The third-order valence-electron chi connectivity index (χ3n) is 3.07. The molecule has 0 aliphatic heterocycles. The minimum atomic E-state index is 0. The Morgan fingerprint density at radius 2 is 1.79 bits per heavy atom. The summed E-state index contributed by atoms with van der Waals surface area (Å²) in [5.74, 6) is 1.01. The number of unbranched alkanes of at least 4 members (excludes halogenated alkanes) is 1. The van der Waals surface area contributed by atoms with Gasteiger partial charge in [-0.3, -0.25) is 11.1 Å². The van der Waals surface area contributed by atoms with E-state index in [1.165, 1.54) is 12.8 Å². The maximum absolute atomic E-state index is 11.7. The Hall–Kier alpha value is 0.444. The molecule has 0 fully saturated rings. The van der Waals surface area contributed by atoms with E-state index in [0.29, 0.717) is 31.0 Å². The van der Waals surface area contributed by atoms with Crippen LogP contribution >= 0.6 is 0 Å². The molecule has 0 aromatic carbocycles. The maximum Gasteiger partial charge on any atom is 0.133 e. The predicted molar refractivity (Wildman–Crippen MR) is 78.1 cm³/mol. The van der Waals surface area contributed by atoms with Crippen LogP contribution in [-0.4, -0.2) is 12.1 Å². The number of Topliss-reactive ketones (excluding diaryl/α,β-unsaturated/α-hetero) is 1. The number of carbonyl (C=O) groups is 1. The zero-order valence-electron chi connectivity index (χ0n) is 13.2. The van der Waals surface area contributed by atoms with Crippen molar-refractivity contribution in [1.82, 2.24) is 0 Å². The first-order chi connectivity index (χ1) is 8.63. The van der Waals surface area contributed by atoms with Crippen molar-refractivity contribution >= 4 is 12.1 Å². The van der Waals surface area contributed by atoms with E-state index in [9.17, 15) is 9.59 Å². The molecule has 0 heterocycles. The number of ketones is 1. The van der Waals surface area contributed by atoms with Crippen LogP contribution in [0.4, 0.5) is 0 Å². The average Bonchev–Trinajstić information content (AvgIpc) is 2.37. The first-order valence-electron chi connectivity index (χ1n) is 7.21. The van der Waals surface area contributed by atoms with Gasteiger partial charge in [0.05, 0.1) is 0 Å². The van der Waals surface area contributed by atoms with Gasteiger partial charge in [-0.05, 0) is 5.92 Å². The summed E-state index contributed by atoms with van der Waals surface area (Å²) in [6.07, 6.45) is 8.14.